The van der Waals surface area contributed by atoms with Crippen LogP contribution in [0.1, 0.15) is 24.9 Å². The minimum atomic E-state index is -3.07. The summed E-state index contributed by atoms with van der Waals surface area (Å²) in [5.74, 6) is 0.624. The van der Waals surface area contributed by atoms with Crippen LogP contribution in [-0.2, 0) is 14.6 Å². The summed E-state index contributed by atoms with van der Waals surface area (Å²) in [4.78, 5) is 12.2. The van der Waals surface area contributed by atoms with Crippen LogP contribution >= 0.6 is 0 Å². The first-order valence-corrected chi connectivity index (χ1v) is 8.91. The summed E-state index contributed by atoms with van der Waals surface area (Å²) in [6.07, 6.45) is 0.385. The first-order valence-electron chi connectivity index (χ1n) is 7.09. The monoisotopic (exact) mass is 327 g/mol. The molecule has 1 aliphatic heterocycles. The summed E-state index contributed by atoms with van der Waals surface area (Å²) in [5.41, 5.74) is 0.788. The van der Waals surface area contributed by atoms with Gasteiger partial charge in [0, 0.05) is 5.56 Å². The summed E-state index contributed by atoms with van der Waals surface area (Å²) >= 11 is 0. The third-order valence-corrected chi connectivity index (χ3v) is 5.63. The number of carbonyl (C=O) groups excluding carboxylic acids is 1. The number of rotatable bonds is 5. The predicted octanol–water partition coefficient (Wildman–Crippen LogP) is 1.32. The molecule has 0 bridgehead atoms. The van der Waals surface area contributed by atoms with Gasteiger partial charge < -0.3 is 14.8 Å². The highest BCUT2D eigenvalue weighted by Gasteiger charge is 2.33. The van der Waals surface area contributed by atoms with Crippen molar-refractivity contribution in [2.24, 2.45) is 5.92 Å². The van der Waals surface area contributed by atoms with Gasteiger partial charge in [0.25, 0.3) is 0 Å². The van der Waals surface area contributed by atoms with E-state index >= 15 is 0 Å². The van der Waals surface area contributed by atoms with Crippen LogP contribution in [0.25, 0.3) is 0 Å². The molecule has 0 radical (unpaired) electrons. The zero-order valence-electron chi connectivity index (χ0n) is 13.0. The molecule has 2 atom stereocenters. The lowest BCUT2D eigenvalue weighted by Crippen LogP contribution is -2.33. The number of sulfone groups is 1. The summed E-state index contributed by atoms with van der Waals surface area (Å²) in [6.45, 7) is 1.83. The zero-order valence-corrected chi connectivity index (χ0v) is 13.8. The maximum atomic E-state index is 12.2. The van der Waals surface area contributed by atoms with Crippen molar-refractivity contribution in [3.63, 3.8) is 0 Å². The summed E-state index contributed by atoms with van der Waals surface area (Å²) in [5, 5.41) is 2.86. The Labute approximate surface area is 130 Å². The van der Waals surface area contributed by atoms with E-state index < -0.39 is 15.8 Å². The summed E-state index contributed by atoms with van der Waals surface area (Å²) in [7, 11) is 0.0567. The molecule has 22 heavy (non-hydrogen) atoms. The van der Waals surface area contributed by atoms with Gasteiger partial charge in [-0.3, -0.25) is 4.79 Å². The van der Waals surface area contributed by atoms with Gasteiger partial charge in [-0.2, -0.15) is 0 Å². The first-order chi connectivity index (χ1) is 10.4. The number of hydrogen-bond donors (Lipinski definition) is 1. The molecule has 122 valence electrons. The van der Waals surface area contributed by atoms with Crippen molar-refractivity contribution in [1.82, 2.24) is 5.32 Å². The number of ether oxygens (including phenoxy) is 2. The molecule has 1 aromatic carbocycles. The minimum Gasteiger partial charge on any atom is -0.497 e. The Morgan fingerprint density at radius 2 is 2.05 bits per heavy atom. The molecule has 1 fully saturated rings. The van der Waals surface area contributed by atoms with Gasteiger partial charge in [0.15, 0.2) is 9.84 Å². The van der Waals surface area contributed by atoms with Gasteiger partial charge in [0.1, 0.15) is 11.5 Å². The molecule has 6 nitrogen and oxygen atoms in total. The number of amides is 1. The van der Waals surface area contributed by atoms with Crippen LogP contribution in [-0.4, -0.2) is 40.1 Å². The average molecular weight is 327 g/mol. The molecule has 1 N–H and O–H groups in total. The molecular weight excluding hydrogens is 306 g/mol. The summed E-state index contributed by atoms with van der Waals surface area (Å²) in [6, 6.07) is 5.05. The highest BCUT2D eigenvalue weighted by Crippen LogP contribution is 2.30. The standard InChI is InChI=1S/C15H21NO5S/c1-10(13-8-12(20-2)4-5-14(13)21-3)16-15(17)11-6-7-22(18,19)9-11/h4-5,8,10-11H,6-7,9H2,1-3H3,(H,16,17)/t10-,11+/m1/s1. The van der Waals surface area contributed by atoms with E-state index in [2.05, 4.69) is 5.32 Å². The van der Waals surface area contributed by atoms with Crippen LogP contribution in [0.3, 0.4) is 0 Å². The number of carbonyl (C=O) groups is 1. The first kappa shape index (κ1) is 16.6. The van der Waals surface area contributed by atoms with Crippen molar-refractivity contribution >= 4 is 15.7 Å². The molecule has 1 amide bonds. The van der Waals surface area contributed by atoms with Gasteiger partial charge in [-0.15, -0.1) is 0 Å². The van der Waals surface area contributed by atoms with Crippen molar-refractivity contribution in [3.8, 4) is 11.5 Å². The Balaban J connectivity index is 2.12. The molecule has 1 heterocycles. The van der Waals surface area contributed by atoms with Gasteiger partial charge >= 0.3 is 0 Å². The number of hydrogen-bond acceptors (Lipinski definition) is 5. The SMILES string of the molecule is COc1ccc(OC)c([C@@H](C)NC(=O)[C@H]2CCS(=O)(=O)C2)c1. The molecule has 1 aliphatic rings. The van der Waals surface area contributed by atoms with Crippen molar-refractivity contribution < 1.29 is 22.7 Å². The van der Waals surface area contributed by atoms with Crippen LogP contribution in [0.4, 0.5) is 0 Å². The van der Waals surface area contributed by atoms with Gasteiger partial charge in [0.2, 0.25) is 5.91 Å². The molecule has 2 rings (SSSR count). The molecular formula is C15H21NO5S. The van der Waals surface area contributed by atoms with Crippen LogP contribution < -0.4 is 14.8 Å². The van der Waals surface area contributed by atoms with Crippen molar-refractivity contribution in [2.75, 3.05) is 25.7 Å². The van der Waals surface area contributed by atoms with E-state index in [9.17, 15) is 13.2 Å². The van der Waals surface area contributed by atoms with E-state index in [1.165, 1.54) is 0 Å². The second-order valence-electron chi connectivity index (χ2n) is 5.44. The molecule has 1 aromatic rings. The normalized spacial score (nSPS) is 21.1. The predicted molar refractivity (Wildman–Crippen MR) is 82.9 cm³/mol. The smallest absolute Gasteiger partial charge is 0.224 e. The van der Waals surface area contributed by atoms with Crippen molar-refractivity contribution in [1.29, 1.82) is 0 Å². The van der Waals surface area contributed by atoms with Crippen molar-refractivity contribution in [3.05, 3.63) is 23.8 Å². The van der Waals surface area contributed by atoms with E-state index in [0.29, 0.717) is 17.9 Å². The van der Waals surface area contributed by atoms with Gasteiger partial charge in [-0.1, -0.05) is 0 Å². The topological polar surface area (TPSA) is 81.7 Å². The molecule has 0 aromatic heterocycles. The van der Waals surface area contributed by atoms with Crippen LogP contribution in [0, 0.1) is 5.92 Å². The average Bonchev–Trinajstić information content (AvgIpc) is 2.86. The highest BCUT2D eigenvalue weighted by atomic mass is 32.2. The fourth-order valence-corrected chi connectivity index (χ4v) is 4.33. The number of nitrogens with one attached hydrogen (secondary N) is 1. The van der Waals surface area contributed by atoms with E-state index in [4.69, 9.17) is 9.47 Å². The number of benzene rings is 1. The molecule has 0 spiro atoms. The molecule has 0 saturated carbocycles. The third-order valence-electron chi connectivity index (χ3n) is 3.87. The largest absolute Gasteiger partial charge is 0.497 e. The van der Waals surface area contributed by atoms with Crippen LogP contribution in [0.2, 0.25) is 0 Å². The maximum absolute atomic E-state index is 12.2. The van der Waals surface area contributed by atoms with E-state index in [1.807, 2.05) is 6.92 Å². The Hall–Kier alpha value is -1.76. The second kappa shape index (κ2) is 6.56. The van der Waals surface area contributed by atoms with Gasteiger partial charge in [0.05, 0.1) is 37.7 Å². The molecule has 0 unspecified atom stereocenters. The van der Waals surface area contributed by atoms with Gasteiger partial charge in [-0.05, 0) is 31.5 Å². The van der Waals surface area contributed by atoms with E-state index in [-0.39, 0.29) is 23.5 Å². The Morgan fingerprint density at radius 1 is 1.32 bits per heavy atom. The minimum absolute atomic E-state index is 0.0687. The molecule has 7 heteroatoms. The Kier molecular flexibility index (Phi) is 4.95. The third kappa shape index (κ3) is 3.71. The van der Waals surface area contributed by atoms with Gasteiger partial charge in [-0.25, -0.2) is 8.42 Å². The summed E-state index contributed by atoms with van der Waals surface area (Å²) < 4.78 is 33.4. The fraction of sp³-hybridized carbons (Fsp3) is 0.533. The lowest BCUT2D eigenvalue weighted by molar-refractivity contribution is -0.124. The second-order valence-corrected chi connectivity index (χ2v) is 7.67. The van der Waals surface area contributed by atoms with Crippen LogP contribution in [0.5, 0.6) is 11.5 Å². The number of methoxy groups -OCH3 is 2. The van der Waals surface area contributed by atoms with Crippen LogP contribution in [0.15, 0.2) is 18.2 Å². The van der Waals surface area contributed by atoms with Crippen molar-refractivity contribution in [2.45, 2.75) is 19.4 Å². The maximum Gasteiger partial charge on any atom is 0.224 e. The van der Waals surface area contributed by atoms with E-state index in [1.54, 1.807) is 32.4 Å². The quantitative estimate of drug-likeness (QED) is 0.882. The van der Waals surface area contributed by atoms with E-state index in [0.717, 1.165) is 5.56 Å². The lowest BCUT2D eigenvalue weighted by Gasteiger charge is -2.19. The highest BCUT2D eigenvalue weighted by molar-refractivity contribution is 7.91. The fourth-order valence-electron chi connectivity index (χ4n) is 2.59. The molecule has 1 saturated heterocycles. The Bertz CT molecular complexity index is 656. The molecule has 0 aliphatic carbocycles. The zero-order chi connectivity index (χ0) is 16.3. The Morgan fingerprint density at radius 3 is 2.59 bits per heavy atom. The lowest BCUT2D eigenvalue weighted by atomic mass is 10.0.